The molecule has 3 fully saturated rings. The fraction of sp³-hybridized carbons (Fsp3) is 0.933. The maximum Gasteiger partial charge on any atom is 0.242 e. The van der Waals surface area contributed by atoms with E-state index < -0.39 is 0 Å². The number of morpholine rings is 2. The zero-order chi connectivity index (χ0) is 14.5. The van der Waals surface area contributed by atoms with Crippen LogP contribution in [-0.2, 0) is 14.3 Å². The Hall–Kier alpha value is -0.110. The van der Waals surface area contributed by atoms with Crippen molar-refractivity contribution in [3.63, 3.8) is 0 Å². The first kappa shape index (κ1) is 20.9. The summed E-state index contributed by atoms with van der Waals surface area (Å²) in [7, 11) is 0. The Morgan fingerprint density at radius 3 is 2.57 bits per heavy atom. The lowest BCUT2D eigenvalue weighted by molar-refractivity contribution is -0.138. The number of likely N-dealkylation sites (tertiary alicyclic amines) is 1. The van der Waals surface area contributed by atoms with Crippen molar-refractivity contribution in [1.82, 2.24) is 15.1 Å². The average molecular weight is 370 g/mol. The fourth-order valence-electron chi connectivity index (χ4n) is 3.51. The Kier molecular flexibility index (Phi) is 9.73. The first-order chi connectivity index (χ1) is 10.3. The summed E-state index contributed by atoms with van der Waals surface area (Å²) in [6, 6.07) is -0.138. The number of hydrogen-bond donors (Lipinski definition) is 1. The van der Waals surface area contributed by atoms with Gasteiger partial charge in [0.15, 0.2) is 0 Å². The van der Waals surface area contributed by atoms with E-state index in [4.69, 9.17) is 9.47 Å². The second kappa shape index (κ2) is 10.7. The molecule has 1 N–H and O–H groups in total. The molecule has 3 heterocycles. The lowest BCUT2D eigenvalue weighted by Crippen LogP contribution is -2.55. The molecule has 2 unspecified atom stereocenters. The molecule has 0 saturated carbocycles. The molecule has 1 amide bonds. The summed E-state index contributed by atoms with van der Waals surface area (Å²) in [6.07, 6.45) is 2.35. The van der Waals surface area contributed by atoms with E-state index in [0.29, 0.717) is 19.1 Å². The van der Waals surface area contributed by atoms with E-state index in [0.717, 1.165) is 58.9 Å². The van der Waals surface area contributed by atoms with Crippen LogP contribution in [0.15, 0.2) is 0 Å². The van der Waals surface area contributed by atoms with Crippen LogP contribution >= 0.6 is 24.8 Å². The summed E-state index contributed by atoms with van der Waals surface area (Å²) in [5.41, 5.74) is 0. The molecular weight excluding hydrogens is 341 g/mol. The van der Waals surface area contributed by atoms with E-state index in [9.17, 15) is 4.79 Å². The molecule has 0 radical (unpaired) electrons. The summed E-state index contributed by atoms with van der Waals surface area (Å²) < 4.78 is 10.8. The van der Waals surface area contributed by atoms with Gasteiger partial charge in [-0.2, -0.15) is 0 Å². The van der Waals surface area contributed by atoms with Crippen LogP contribution in [0.1, 0.15) is 12.8 Å². The Balaban J connectivity index is 0.00000132. The maximum atomic E-state index is 12.5. The van der Waals surface area contributed by atoms with E-state index in [1.54, 1.807) is 0 Å². The van der Waals surface area contributed by atoms with Crippen molar-refractivity contribution in [3.8, 4) is 0 Å². The number of ether oxygens (including phenoxy) is 2. The van der Waals surface area contributed by atoms with Crippen LogP contribution in [0.2, 0.25) is 0 Å². The third kappa shape index (κ3) is 6.03. The highest BCUT2D eigenvalue weighted by Crippen LogP contribution is 2.19. The Morgan fingerprint density at radius 1 is 1.09 bits per heavy atom. The largest absolute Gasteiger partial charge is 0.379 e. The van der Waals surface area contributed by atoms with Gasteiger partial charge in [-0.25, -0.2) is 0 Å². The van der Waals surface area contributed by atoms with Gasteiger partial charge in [0, 0.05) is 39.3 Å². The number of rotatable bonds is 3. The molecule has 0 bridgehead atoms. The number of amides is 1. The van der Waals surface area contributed by atoms with E-state index in [-0.39, 0.29) is 36.8 Å². The molecule has 3 rings (SSSR count). The standard InChI is InChI=1S/C15H27N3O3.2ClH/c19-15(14-12-21-7-3-16-14)18-4-1-2-13(11-18)10-17-5-8-20-9-6-17;;/h13-14,16H,1-12H2;2*1H. The van der Waals surface area contributed by atoms with Crippen molar-refractivity contribution in [2.24, 2.45) is 5.92 Å². The zero-order valence-electron chi connectivity index (χ0n) is 13.6. The molecule has 3 aliphatic rings. The molecule has 3 saturated heterocycles. The molecule has 3 aliphatic heterocycles. The highest BCUT2D eigenvalue weighted by atomic mass is 35.5. The van der Waals surface area contributed by atoms with Gasteiger partial charge in [0.05, 0.1) is 26.4 Å². The average Bonchev–Trinajstić information content (AvgIpc) is 2.56. The van der Waals surface area contributed by atoms with Crippen LogP contribution in [-0.4, -0.2) is 87.4 Å². The van der Waals surface area contributed by atoms with E-state index in [1.165, 1.54) is 6.42 Å². The van der Waals surface area contributed by atoms with Crippen LogP contribution in [0.3, 0.4) is 0 Å². The first-order valence-corrected chi connectivity index (χ1v) is 8.23. The molecule has 0 aliphatic carbocycles. The number of nitrogens with zero attached hydrogens (tertiary/aromatic N) is 2. The first-order valence-electron chi connectivity index (χ1n) is 8.23. The van der Waals surface area contributed by atoms with Gasteiger partial charge in [-0.15, -0.1) is 24.8 Å². The van der Waals surface area contributed by atoms with Gasteiger partial charge in [0.2, 0.25) is 5.91 Å². The number of nitrogens with one attached hydrogen (secondary N) is 1. The van der Waals surface area contributed by atoms with Crippen molar-refractivity contribution < 1.29 is 14.3 Å². The van der Waals surface area contributed by atoms with Crippen LogP contribution in [0.4, 0.5) is 0 Å². The van der Waals surface area contributed by atoms with E-state index >= 15 is 0 Å². The molecule has 0 aromatic heterocycles. The van der Waals surface area contributed by atoms with Crippen molar-refractivity contribution >= 4 is 30.7 Å². The Bertz CT molecular complexity index is 351. The van der Waals surface area contributed by atoms with Gasteiger partial charge in [-0.3, -0.25) is 9.69 Å². The summed E-state index contributed by atoms with van der Waals surface area (Å²) in [5.74, 6) is 0.826. The molecular formula is C15H29Cl2N3O3. The highest BCUT2D eigenvalue weighted by Gasteiger charge is 2.30. The van der Waals surface area contributed by atoms with Gasteiger partial charge in [-0.05, 0) is 18.8 Å². The Morgan fingerprint density at radius 2 is 1.87 bits per heavy atom. The monoisotopic (exact) mass is 369 g/mol. The molecule has 8 heteroatoms. The minimum Gasteiger partial charge on any atom is -0.379 e. The van der Waals surface area contributed by atoms with Gasteiger partial charge < -0.3 is 19.7 Å². The van der Waals surface area contributed by atoms with Crippen LogP contribution in [0.25, 0.3) is 0 Å². The molecule has 0 aromatic carbocycles. The quantitative estimate of drug-likeness (QED) is 0.779. The lowest BCUT2D eigenvalue weighted by atomic mass is 9.96. The number of hydrogen-bond acceptors (Lipinski definition) is 5. The van der Waals surface area contributed by atoms with E-state index in [1.807, 2.05) is 4.90 Å². The minimum atomic E-state index is -0.138. The summed E-state index contributed by atoms with van der Waals surface area (Å²) in [4.78, 5) is 17.1. The molecule has 6 nitrogen and oxygen atoms in total. The highest BCUT2D eigenvalue weighted by molar-refractivity contribution is 5.85. The van der Waals surface area contributed by atoms with Gasteiger partial charge in [-0.1, -0.05) is 0 Å². The molecule has 0 spiro atoms. The number of carbonyl (C=O) groups is 1. The van der Waals surface area contributed by atoms with Gasteiger partial charge in [0.25, 0.3) is 0 Å². The predicted octanol–water partition coefficient (Wildman–Crippen LogP) is 0.389. The molecule has 23 heavy (non-hydrogen) atoms. The maximum absolute atomic E-state index is 12.5. The van der Waals surface area contributed by atoms with Crippen molar-refractivity contribution in [1.29, 1.82) is 0 Å². The minimum absolute atomic E-state index is 0. The lowest BCUT2D eigenvalue weighted by Gasteiger charge is -2.38. The third-order valence-corrected chi connectivity index (χ3v) is 4.67. The number of carbonyl (C=O) groups excluding carboxylic acids is 1. The zero-order valence-corrected chi connectivity index (χ0v) is 15.2. The van der Waals surface area contributed by atoms with Gasteiger partial charge >= 0.3 is 0 Å². The predicted molar refractivity (Wildman–Crippen MR) is 93.7 cm³/mol. The number of piperidine rings is 1. The number of halogens is 2. The van der Waals surface area contributed by atoms with Crippen molar-refractivity contribution in [3.05, 3.63) is 0 Å². The second-order valence-electron chi connectivity index (χ2n) is 6.29. The summed E-state index contributed by atoms with van der Waals surface area (Å²) in [6.45, 7) is 8.66. The van der Waals surface area contributed by atoms with Crippen molar-refractivity contribution in [2.45, 2.75) is 18.9 Å². The van der Waals surface area contributed by atoms with Gasteiger partial charge in [0.1, 0.15) is 6.04 Å². The second-order valence-corrected chi connectivity index (χ2v) is 6.29. The smallest absolute Gasteiger partial charge is 0.242 e. The van der Waals surface area contributed by atoms with Crippen LogP contribution in [0, 0.1) is 5.92 Å². The summed E-state index contributed by atoms with van der Waals surface area (Å²) in [5, 5.41) is 3.27. The normalized spacial score (nSPS) is 29.3. The Labute approximate surface area is 151 Å². The molecule has 0 aromatic rings. The van der Waals surface area contributed by atoms with E-state index in [2.05, 4.69) is 10.2 Å². The van der Waals surface area contributed by atoms with Crippen LogP contribution < -0.4 is 5.32 Å². The summed E-state index contributed by atoms with van der Waals surface area (Å²) >= 11 is 0. The van der Waals surface area contributed by atoms with Crippen molar-refractivity contribution in [2.75, 3.05) is 65.7 Å². The SMILES string of the molecule is Cl.Cl.O=C(C1COCCN1)N1CCCC(CN2CCOCC2)C1. The fourth-order valence-corrected chi connectivity index (χ4v) is 3.51. The van der Waals surface area contributed by atoms with Crippen LogP contribution in [0.5, 0.6) is 0 Å². The third-order valence-electron chi connectivity index (χ3n) is 4.67. The molecule has 136 valence electrons. The topological polar surface area (TPSA) is 54.0 Å². The molecule has 2 atom stereocenters.